The van der Waals surface area contributed by atoms with Gasteiger partial charge in [0.25, 0.3) is 0 Å². The van der Waals surface area contributed by atoms with Crippen molar-refractivity contribution in [2.24, 2.45) is 0 Å². The van der Waals surface area contributed by atoms with Gasteiger partial charge in [-0.1, -0.05) is 18.2 Å². The number of aryl methyl sites for hydroxylation is 1. The summed E-state index contributed by atoms with van der Waals surface area (Å²) < 4.78 is 0. The first kappa shape index (κ1) is 10.2. The largest absolute Gasteiger partial charge is 0.306 e. The van der Waals surface area contributed by atoms with E-state index in [0.717, 1.165) is 11.4 Å². The van der Waals surface area contributed by atoms with E-state index in [1.807, 2.05) is 6.92 Å². The van der Waals surface area contributed by atoms with Crippen LogP contribution in [0.4, 0.5) is 0 Å². The summed E-state index contributed by atoms with van der Waals surface area (Å²) in [5.74, 6) is 0. The standard InChI is InChI=1S/C9H12ClN3/c1-7(10)3-11-5-9-6-12-8(2)4-13-9/h4,6,11H,1,3,5H2,2H3. The molecule has 70 valence electrons. The van der Waals surface area contributed by atoms with E-state index >= 15 is 0 Å². The van der Waals surface area contributed by atoms with Gasteiger partial charge in [-0.15, -0.1) is 0 Å². The van der Waals surface area contributed by atoms with E-state index in [2.05, 4.69) is 21.9 Å². The Labute approximate surface area is 82.9 Å². The van der Waals surface area contributed by atoms with Crippen molar-refractivity contribution in [3.63, 3.8) is 0 Å². The molecule has 0 saturated carbocycles. The van der Waals surface area contributed by atoms with Crippen molar-refractivity contribution in [3.05, 3.63) is 35.4 Å². The Balaban J connectivity index is 2.37. The number of halogens is 1. The molecular formula is C9H12ClN3. The fourth-order valence-electron chi connectivity index (χ4n) is 0.837. The van der Waals surface area contributed by atoms with Crippen LogP contribution in [-0.4, -0.2) is 16.5 Å². The third-order valence-corrected chi connectivity index (χ3v) is 1.59. The van der Waals surface area contributed by atoms with E-state index in [4.69, 9.17) is 11.6 Å². The van der Waals surface area contributed by atoms with Gasteiger partial charge >= 0.3 is 0 Å². The van der Waals surface area contributed by atoms with Crippen molar-refractivity contribution in [2.75, 3.05) is 6.54 Å². The Hall–Kier alpha value is -0.930. The Morgan fingerprint density at radius 1 is 1.54 bits per heavy atom. The van der Waals surface area contributed by atoms with Crippen LogP contribution in [0, 0.1) is 6.92 Å². The Kier molecular flexibility index (Phi) is 3.86. The second kappa shape index (κ2) is 4.94. The minimum Gasteiger partial charge on any atom is -0.306 e. The fraction of sp³-hybridized carbons (Fsp3) is 0.333. The zero-order valence-corrected chi connectivity index (χ0v) is 8.30. The van der Waals surface area contributed by atoms with Gasteiger partial charge in [0.2, 0.25) is 0 Å². The van der Waals surface area contributed by atoms with E-state index in [0.29, 0.717) is 18.1 Å². The molecule has 0 spiro atoms. The smallest absolute Gasteiger partial charge is 0.0724 e. The van der Waals surface area contributed by atoms with E-state index in [1.165, 1.54) is 0 Å². The highest BCUT2D eigenvalue weighted by molar-refractivity contribution is 6.29. The molecule has 4 heteroatoms. The number of hydrogen-bond acceptors (Lipinski definition) is 3. The minimum atomic E-state index is 0.594. The molecule has 0 aromatic carbocycles. The number of nitrogens with one attached hydrogen (secondary N) is 1. The highest BCUT2D eigenvalue weighted by atomic mass is 35.5. The van der Waals surface area contributed by atoms with Crippen LogP contribution in [-0.2, 0) is 6.54 Å². The van der Waals surface area contributed by atoms with Crippen LogP contribution in [0.1, 0.15) is 11.4 Å². The third kappa shape index (κ3) is 4.01. The summed E-state index contributed by atoms with van der Waals surface area (Å²) in [6, 6.07) is 0. The number of rotatable bonds is 4. The Morgan fingerprint density at radius 3 is 2.85 bits per heavy atom. The minimum absolute atomic E-state index is 0.594. The SMILES string of the molecule is C=C(Cl)CNCc1cnc(C)cn1. The molecule has 0 aliphatic carbocycles. The summed E-state index contributed by atoms with van der Waals surface area (Å²) in [7, 11) is 0. The molecule has 0 unspecified atom stereocenters. The molecule has 0 fully saturated rings. The summed E-state index contributed by atoms with van der Waals surface area (Å²) in [6.45, 7) is 6.73. The Bertz CT molecular complexity index is 281. The average Bonchev–Trinajstić information content (AvgIpc) is 2.08. The van der Waals surface area contributed by atoms with E-state index in [-0.39, 0.29) is 0 Å². The van der Waals surface area contributed by atoms with Gasteiger partial charge in [-0.3, -0.25) is 9.97 Å². The topological polar surface area (TPSA) is 37.8 Å². The molecule has 1 aromatic rings. The quantitative estimate of drug-likeness (QED) is 0.798. The molecule has 0 atom stereocenters. The molecule has 0 bridgehead atoms. The van der Waals surface area contributed by atoms with Gasteiger partial charge < -0.3 is 5.32 Å². The summed E-state index contributed by atoms with van der Waals surface area (Å²) in [5, 5.41) is 3.68. The molecule has 1 heterocycles. The first-order valence-corrected chi connectivity index (χ1v) is 4.38. The zero-order chi connectivity index (χ0) is 9.68. The van der Waals surface area contributed by atoms with Gasteiger partial charge in [0.05, 0.1) is 11.4 Å². The summed E-state index contributed by atoms with van der Waals surface area (Å²) in [5.41, 5.74) is 1.83. The molecular weight excluding hydrogens is 186 g/mol. The summed E-state index contributed by atoms with van der Waals surface area (Å²) in [4.78, 5) is 8.30. The summed E-state index contributed by atoms with van der Waals surface area (Å²) in [6.07, 6.45) is 3.49. The van der Waals surface area contributed by atoms with Crippen LogP contribution in [0.5, 0.6) is 0 Å². The lowest BCUT2D eigenvalue weighted by molar-refractivity contribution is 0.730. The lowest BCUT2D eigenvalue weighted by Gasteiger charge is -2.02. The van der Waals surface area contributed by atoms with Crippen LogP contribution >= 0.6 is 11.6 Å². The predicted molar refractivity (Wildman–Crippen MR) is 53.5 cm³/mol. The number of nitrogens with zero attached hydrogens (tertiary/aromatic N) is 2. The molecule has 0 aliphatic heterocycles. The van der Waals surface area contributed by atoms with Gasteiger partial charge in [-0.05, 0) is 6.92 Å². The fourth-order valence-corrected chi connectivity index (χ4v) is 0.931. The van der Waals surface area contributed by atoms with E-state index < -0.39 is 0 Å². The third-order valence-electron chi connectivity index (χ3n) is 1.46. The van der Waals surface area contributed by atoms with E-state index in [9.17, 15) is 0 Å². The maximum absolute atomic E-state index is 5.58. The second-order valence-corrected chi connectivity index (χ2v) is 3.30. The van der Waals surface area contributed by atoms with Gasteiger partial charge in [0.15, 0.2) is 0 Å². The molecule has 1 rings (SSSR count). The number of hydrogen-bond donors (Lipinski definition) is 1. The van der Waals surface area contributed by atoms with Crippen LogP contribution in [0.15, 0.2) is 24.0 Å². The monoisotopic (exact) mass is 197 g/mol. The maximum Gasteiger partial charge on any atom is 0.0724 e. The molecule has 0 radical (unpaired) electrons. The van der Waals surface area contributed by atoms with Gasteiger partial charge in [-0.25, -0.2) is 0 Å². The van der Waals surface area contributed by atoms with Crippen molar-refractivity contribution in [1.29, 1.82) is 0 Å². The second-order valence-electron chi connectivity index (χ2n) is 2.77. The van der Waals surface area contributed by atoms with Crippen LogP contribution in [0.2, 0.25) is 0 Å². The molecule has 1 N–H and O–H groups in total. The van der Waals surface area contributed by atoms with Gasteiger partial charge in [0, 0.05) is 30.5 Å². The van der Waals surface area contributed by atoms with Crippen LogP contribution in [0.25, 0.3) is 0 Å². The van der Waals surface area contributed by atoms with Crippen molar-refractivity contribution in [3.8, 4) is 0 Å². The normalized spacial score (nSPS) is 10.0. The average molecular weight is 198 g/mol. The lowest BCUT2D eigenvalue weighted by atomic mass is 10.4. The number of aromatic nitrogens is 2. The molecule has 0 aliphatic rings. The van der Waals surface area contributed by atoms with Crippen molar-refractivity contribution in [2.45, 2.75) is 13.5 Å². The Morgan fingerprint density at radius 2 is 2.31 bits per heavy atom. The first-order chi connectivity index (χ1) is 6.18. The first-order valence-electron chi connectivity index (χ1n) is 4.00. The molecule has 1 aromatic heterocycles. The highest BCUT2D eigenvalue weighted by Gasteiger charge is 1.94. The molecule has 3 nitrogen and oxygen atoms in total. The van der Waals surface area contributed by atoms with Crippen molar-refractivity contribution >= 4 is 11.6 Å². The van der Waals surface area contributed by atoms with E-state index in [1.54, 1.807) is 12.4 Å². The maximum atomic E-state index is 5.58. The lowest BCUT2D eigenvalue weighted by Crippen LogP contribution is -2.15. The molecule has 0 amide bonds. The van der Waals surface area contributed by atoms with Crippen LogP contribution < -0.4 is 5.32 Å². The molecule has 13 heavy (non-hydrogen) atoms. The van der Waals surface area contributed by atoms with Gasteiger partial charge in [-0.2, -0.15) is 0 Å². The predicted octanol–water partition coefficient (Wildman–Crippen LogP) is 1.63. The molecule has 0 saturated heterocycles. The highest BCUT2D eigenvalue weighted by Crippen LogP contribution is 1.96. The van der Waals surface area contributed by atoms with Crippen molar-refractivity contribution in [1.82, 2.24) is 15.3 Å². The zero-order valence-electron chi connectivity index (χ0n) is 7.55. The van der Waals surface area contributed by atoms with Crippen LogP contribution in [0.3, 0.4) is 0 Å². The van der Waals surface area contributed by atoms with Gasteiger partial charge in [0.1, 0.15) is 0 Å². The summed E-state index contributed by atoms with van der Waals surface area (Å²) >= 11 is 5.58. The van der Waals surface area contributed by atoms with Crippen molar-refractivity contribution < 1.29 is 0 Å².